The van der Waals surface area contributed by atoms with Gasteiger partial charge in [0, 0.05) is 43.3 Å². The molecule has 1 aliphatic heterocycles. The maximum absolute atomic E-state index is 14.5. The van der Waals surface area contributed by atoms with Crippen LogP contribution >= 0.6 is 11.6 Å². The van der Waals surface area contributed by atoms with Gasteiger partial charge in [-0.1, -0.05) is 51.4 Å². The summed E-state index contributed by atoms with van der Waals surface area (Å²) >= 11 is 6.20. The highest BCUT2D eigenvalue weighted by atomic mass is 35.5. The fourth-order valence-corrected chi connectivity index (χ4v) is 6.54. The maximum atomic E-state index is 14.5. The molecule has 5 rings (SSSR count). The minimum atomic E-state index is -1.07. The van der Waals surface area contributed by atoms with E-state index in [1.54, 1.807) is 12.1 Å². The summed E-state index contributed by atoms with van der Waals surface area (Å²) in [5, 5.41) is 10.9. The first kappa shape index (κ1) is 28.6. The van der Waals surface area contributed by atoms with Gasteiger partial charge in [-0.3, -0.25) is 4.79 Å². The van der Waals surface area contributed by atoms with Crippen LogP contribution in [0.25, 0.3) is 0 Å². The number of fused-ring (bicyclic) bond motifs is 1. The Morgan fingerprint density at radius 3 is 2.35 bits per heavy atom. The van der Waals surface area contributed by atoms with E-state index in [4.69, 9.17) is 11.6 Å². The predicted octanol–water partition coefficient (Wildman–Crippen LogP) is 5.88. The second kappa shape index (κ2) is 11.1. The average molecular weight is 572 g/mol. The predicted molar refractivity (Wildman–Crippen MR) is 153 cm³/mol. The van der Waals surface area contributed by atoms with Gasteiger partial charge in [-0.15, -0.1) is 0 Å². The van der Waals surface area contributed by atoms with Crippen molar-refractivity contribution in [3.63, 3.8) is 0 Å². The topological polar surface area (TPSA) is 89.9 Å². The molecule has 4 atom stereocenters. The first-order valence-corrected chi connectivity index (χ1v) is 14.6. The molecule has 0 radical (unpaired) electrons. The van der Waals surface area contributed by atoms with Crippen LogP contribution in [0.15, 0.2) is 30.6 Å². The minimum Gasteiger partial charge on any atom is -0.465 e. The lowest BCUT2D eigenvalue weighted by molar-refractivity contribution is -0.136. The molecule has 3 aliphatic rings. The maximum Gasteiger partial charge on any atom is 0.407 e. The number of piperazine rings is 1. The van der Waals surface area contributed by atoms with Crippen LogP contribution in [0.2, 0.25) is 5.02 Å². The van der Waals surface area contributed by atoms with Crippen LogP contribution in [0.5, 0.6) is 0 Å². The van der Waals surface area contributed by atoms with Gasteiger partial charge in [0.05, 0.1) is 17.7 Å². The number of hydrogen-bond acceptors (Lipinski definition) is 5. The van der Waals surface area contributed by atoms with E-state index in [-0.39, 0.29) is 11.8 Å². The molecule has 40 heavy (non-hydrogen) atoms. The molecule has 216 valence electrons. The van der Waals surface area contributed by atoms with Gasteiger partial charge in [0.15, 0.2) is 0 Å². The lowest BCUT2D eigenvalue weighted by Crippen LogP contribution is -2.57. The van der Waals surface area contributed by atoms with Crippen LogP contribution in [0.1, 0.15) is 81.8 Å². The Kier molecular flexibility index (Phi) is 7.97. The Morgan fingerprint density at radius 1 is 1.12 bits per heavy atom. The molecular weight excluding hydrogens is 533 g/mol. The molecule has 1 saturated heterocycles. The number of alkyl halides is 1. The van der Waals surface area contributed by atoms with Crippen molar-refractivity contribution < 1.29 is 19.1 Å². The molecule has 1 aromatic heterocycles. The molecule has 0 spiro atoms. The van der Waals surface area contributed by atoms with E-state index in [0.717, 1.165) is 29.8 Å². The SMILES string of the molecule is C[C@@H]1C[C@@H](F)c2ncnc(N3CCN(C(=O)C(c4ccc(Cl)cc4)[C@H](N(CC4CC4)C(=O)O)C(C)(C)C)CC3)c21. The average Bonchev–Trinajstić information content (AvgIpc) is 3.69. The monoisotopic (exact) mass is 571 g/mol. The van der Waals surface area contributed by atoms with Gasteiger partial charge in [-0.25, -0.2) is 19.2 Å². The molecule has 2 aliphatic carbocycles. The third-order valence-corrected chi connectivity index (χ3v) is 8.82. The van der Waals surface area contributed by atoms with Crippen molar-refractivity contribution in [2.45, 2.75) is 71.0 Å². The van der Waals surface area contributed by atoms with E-state index in [1.165, 1.54) is 11.2 Å². The third kappa shape index (κ3) is 5.76. The molecule has 1 unspecified atom stereocenters. The number of benzene rings is 1. The van der Waals surface area contributed by atoms with Crippen molar-refractivity contribution in [2.75, 3.05) is 37.6 Å². The molecule has 8 nitrogen and oxygen atoms in total. The number of aromatic nitrogens is 2. The summed E-state index contributed by atoms with van der Waals surface area (Å²) in [6.07, 6.45) is 1.80. The highest BCUT2D eigenvalue weighted by molar-refractivity contribution is 6.30. The van der Waals surface area contributed by atoms with Crippen LogP contribution in [0.4, 0.5) is 15.0 Å². The van der Waals surface area contributed by atoms with Crippen molar-refractivity contribution in [2.24, 2.45) is 11.3 Å². The fourth-order valence-electron chi connectivity index (χ4n) is 6.42. The molecule has 1 N–H and O–H groups in total. The van der Waals surface area contributed by atoms with E-state index in [0.29, 0.717) is 55.8 Å². The van der Waals surface area contributed by atoms with Crippen LogP contribution in [-0.2, 0) is 4.79 Å². The van der Waals surface area contributed by atoms with Crippen LogP contribution in [0, 0.1) is 11.3 Å². The summed E-state index contributed by atoms with van der Waals surface area (Å²) in [5.41, 5.74) is 1.61. The molecule has 2 fully saturated rings. The van der Waals surface area contributed by atoms with Gasteiger partial charge < -0.3 is 19.8 Å². The summed E-state index contributed by atoms with van der Waals surface area (Å²) in [7, 11) is 0. The Bertz CT molecular complexity index is 1240. The first-order valence-electron chi connectivity index (χ1n) is 14.2. The summed E-state index contributed by atoms with van der Waals surface area (Å²) in [6, 6.07) is 6.64. The third-order valence-electron chi connectivity index (χ3n) is 8.57. The number of amides is 2. The van der Waals surface area contributed by atoms with Crippen LogP contribution in [-0.4, -0.2) is 75.6 Å². The Balaban J connectivity index is 1.43. The quantitative estimate of drug-likeness (QED) is 0.446. The molecule has 1 saturated carbocycles. The van der Waals surface area contributed by atoms with Crippen molar-refractivity contribution in [1.29, 1.82) is 0 Å². The number of carbonyl (C=O) groups excluding carboxylic acids is 1. The lowest BCUT2D eigenvalue weighted by atomic mass is 9.74. The van der Waals surface area contributed by atoms with E-state index in [2.05, 4.69) is 14.9 Å². The van der Waals surface area contributed by atoms with E-state index < -0.39 is 29.6 Å². The summed E-state index contributed by atoms with van der Waals surface area (Å²) in [4.78, 5) is 41.2. The van der Waals surface area contributed by atoms with Gasteiger partial charge >= 0.3 is 6.09 Å². The number of rotatable bonds is 7. The fraction of sp³-hybridized carbons (Fsp3) is 0.600. The number of hydrogen-bond donors (Lipinski definition) is 1. The van der Waals surface area contributed by atoms with Crippen molar-refractivity contribution >= 4 is 29.4 Å². The van der Waals surface area contributed by atoms with Gasteiger partial charge in [0.1, 0.15) is 18.3 Å². The van der Waals surface area contributed by atoms with Gasteiger partial charge in [-0.05, 0) is 54.2 Å². The van der Waals surface area contributed by atoms with E-state index in [9.17, 15) is 19.1 Å². The molecule has 2 aromatic rings. The highest BCUT2D eigenvalue weighted by Crippen LogP contribution is 2.45. The molecular formula is C30H39ClFN5O3. The number of nitrogens with zero attached hydrogens (tertiary/aromatic N) is 5. The van der Waals surface area contributed by atoms with Crippen molar-refractivity contribution in [1.82, 2.24) is 19.8 Å². The molecule has 2 amide bonds. The highest BCUT2D eigenvalue weighted by Gasteiger charge is 2.46. The number of carbonyl (C=O) groups is 2. The summed E-state index contributed by atoms with van der Waals surface area (Å²) in [6.45, 7) is 10.5. The van der Waals surface area contributed by atoms with Crippen LogP contribution in [0.3, 0.4) is 0 Å². The van der Waals surface area contributed by atoms with E-state index in [1.807, 2.05) is 44.7 Å². The molecule has 2 heterocycles. The molecule has 10 heteroatoms. The second-order valence-corrected chi connectivity index (χ2v) is 13.1. The molecule has 1 aromatic carbocycles. The lowest BCUT2D eigenvalue weighted by Gasteiger charge is -2.45. The van der Waals surface area contributed by atoms with Crippen LogP contribution < -0.4 is 4.90 Å². The summed E-state index contributed by atoms with van der Waals surface area (Å²) < 4.78 is 14.5. The largest absolute Gasteiger partial charge is 0.465 e. The Hall–Kier alpha value is -2.94. The summed E-state index contributed by atoms with van der Waals surface area (Å²) in [5.74, 6) is 0.360. The minimum absolute atomic E-state index is 0.0381. The van der Waals surface area contributed by atoms with Gasteiger partial charge in [-0.2, -0.15) is 0 Å². The number of halogens is 2. The van der Waals surface area contributed by atoms with Crippen molar-refractivity contribution in [3.05, 3.63) is 52.4 Å². The Morgan fingerprint density at radius 2 is 1.77 bits per heavy atom. The van der Waals surface area contributed by atoms with E-state index >= 15 is 0 Å². The zero-order valence-corrected chi connectivity index (χ0v) is 24.4. The second-order valence-electron chi connectivity index (χ2n) is 12.6. The zero-order chi connectivity index (χ0) is 28.8. The standard InChI is InChI=1S/C30H39ClFN5O3/c1-18-15-22(32)25-23(18)27(34-17-33-25)35-11-13-36(14-12-35)28(38)24(20-7-9-21(31)10-8-20)26(30(2,3)4)37(29(39)40)16-19-5-6-19/h7-10,17-19,22,24,26H,5-6,11-16H2,1-4H3,(H,39,40)/t18-,22-,24?,26+/m1/s1. The number of anilines is 1. The first-order chi connectivity index (χ1) is 19.0. The van der Waals surface area contributed by atoms with Gasteiger partial charge in [0.25, 0.3) is 0 Å². The zero-order valence-electron chi connectivity index (χ0n) is 23.7. The Labute approximate surface area is 240 Å². The number of carboxylic acid groups (broad SMARTS) is 1. The smallest absolute Gasteiger partial charge is 0.407 e. The normalized spacial score (nSPS) is 22.6. The van der Waals surface area contributed by atoms with Crippen molar-refractivity contribution in [3.8, 4) is 0 Å². The molecule has 0 bridgehead atoms. The van der Waals surface area contributed by atoms with Gasteiger partial charge in [0.2, 0.25) is 5.91 Å².